The third-order valence-corrected chi connectivity index (χ3v) is 2.39. The summed E-state index contributed by atoms with van der Waals surface area (Å²) in [6.45, 7) is 4.56. The third kappa shape index (κ3) is 2.69. The second-order valence-corrected chi connectivity index (χ2v) is 4.57. The first-order chi connectivity index (χ1) is 6.44. The summed E-state index contributed by atoms with van der Waals surface area (Å²) in [7, 11) is 0. The summed E-state index contributed by atoms with van der Waals surface area (Å²) in [5.74, 6) is -0.261. The molecule has 1 fully saturated rings. The molecule has 1 rings (SSSR count). The Labute approximate surface area is 83.5 Å². The molecule has 1 atom stereocenters. The second kappa shape index (κ2) is 3.95. The molecule has 4 heteroatoms. The van der Waals surface area contributed by atoms with Crippen molar-refractivity contribution in [3.63, 3.8) is 0 Å². The Morgan fingerprint density at radius 1 is 1.71 bits per heavy atom. The van der Waals surface area contributed by atoms with Gasteiger partial charge in [0.25, 0.3) is 0 Å². The monoisotopic (exact) mass is 198 g/mol. The summed E-state index contributed by atoms with van der Waals surface area (Å²) < 4.78 is 13.3. The molecule has 1 aliphatic heterocycles. The van der Waals surface area contributed by atoms with Crippen molar-refractivity contribution >= 4 is 5.91 Å². The summed E-state index contributed by atoms with van der Waals surface area (Å²) in [4.78, 5) is 12.8. The van der Waals surface area contributed by atoms with Gasteiger partial charge in [-0.05, 0) is 11.8 Å². The van der Waals surface area contributed by atoms with Crippen LogP contribution in [-0.2, 0) is 4.79 Å². The quantitative estimate of drug-likeness (QED) is 0.640. The van der Waals surface area contributed by atoms with Gasteiger partial charge in [0.2, 0.25) is 5.91 Å². The fraction of sp³-hybridized carbons (Fsp3) is 0.800. The fourth-order valence-corrected chi connectivity index (χ4v) is 1.92. The average molecular weight is 198 g/mol. The number of nitrogens with zero attached hydrogens (tertiary/aromatic N) is 2. The van der Waals surface area contributed by atoms with E-state index in [0.29, 0.717) is 13.0 Å². The largest absolute Gasteiger partial charge is 0.338 e. The lowest BCUT2D eigenvalue weighted by atomic mass is 9.83. The van der Waals surface area contributed by atoms with Crippen molar-refractivity contribution in [1.29, 1.82) is 5.26 Å². The summed E-state index contributed by atoms with van der Waals surface area (Å²) in [5.41, 5.74) is -0.178. The highest BCUT2D eigenvalue weighted by molar-refractivity contribution is 5.78. The molecule has 14 heavy (non-hydrogen) atoms. The van der Waals surface area contributed by atoms with Gasteiger partial charge >= 0.3 is 0 Å². The van der Waals surface area contributed by atoms with Crippen LogP contribution in [0.4, 0.5) is 4.39 Å². The Kier molecular flexibility index (Phi) is 3.10. The van der Waals surface area contributed by atoms with Gasteiger partial charge in [0.05, 0.1) is 12.6 Å². The van der Waals surface area contributed by atoms with Crippen molar-refractivity contribution in [1.82, 2.24) is 4.90 Å². The van der Waals surface area contributed by atoms with Gasteiger partial charge in [-0.1, -0.05) is 13.8 Å². The van der Waals surface area contributed by atoms with Crippen LogP contribution in [0.5, 0.6) is 0 Å². The van der Waals surface area contributed by atoms with Crippen molar-refractivity contribution in [2.24, 2.45) is 5.41 Å². The van der Waals surface area contributed by atoms with Crippen LogP contribution in [0.3, 0.4) is 0 Å². The van der Waals surface area contributed by atoms with Gasteiger partial charge in [0, 0.05) is 6.54 Å². The Morgan fingerprint density at radius 3 is 2.86 bits per heavy atom. The first kappa shape index (κ1) is 11.0. The van der Waals surface area contributed by atoms with Crippen LogP contribution in [-0.4, -0.2) is 30.1 Å². The zero-order valence-corrected chi connectivity index (χ0v) is 8.59. The van der Waals surface area contributed by atoms with E-state index in [1.807, 2.05) is 13.8 Å². The third-order valence-electron chi connectivity index (χ3n) is 2.39. The van der Waals surface area contributed by atoms with E-state index in [9.17, 15) is 9.18 Å². The van der Waals surface area contributed by atoms with Gasteiger partial charge in [-0.15, -0.1) is 0 Å². The van der Waals surface area contributed by atoms with Crippen LogP contribution in [0, 0.1) is 16.7 Å². The smallest absolute Gasteiger partial charge is 0.236 e. The predicted molar refractivity (Wildman–Crippen MR) is 50.1 cm³/mol. The number of amides is 1. The van der Waals surface area contributed by atoms with Crippen molar-refractivity contribution in [2.45, 2.75) is 32.9 Å². The molecule has 0 saturated carbocycles. The maximum absolute atomic E-state index is 13.3. The second-order valence-electron chi connectivity index (χ2n) is 4.57. The van der Waals surface area contributed by atoms with Crippen molar-refractivity contribution in [2.75, 3.05) is 13.1 Å². The van der Waals surface area contributed by atoms with Crippen molar-refractivity contribution in [3.8, 4) is 6.07 Å². The molecule has 0 N–H and O–H groups in total. The molecule has 1 aliphatic rings. The van der Waals surface area contributed by atoms with E-state index in [4.69, 9.17) is 5.26 Å². The first-order valence-corrected chi connectivity index (χ1v) is 4.73. The Balaban J connectivity index is 2.63. The molecule has 0 bridgehead atoms. The molecule has 0 spiro atoms. The highest BCUT2D eigenvalue weighted by Gasteiger charge is 2.34. The Hall–Kier alpha value is -1.11. The number of carbonyl (C=O) groups excluding carboxylic acids is 1. The summed E-state index contributed by atoms with van der Waals surface area (Å²) in [5, 5.41) is 8.37. The van der Waals surface area contributed by atoms with Gasteiger partial charge in [0.15, 0.2) is 0 Å². The molecule has 0 aromatic heterocycles. The van der Waals surface area contributed by atoms with E-state index in [0.717, 1.165) is 0 Å². The molecule has 0 aromatic rings. The predicted octanol–water partition coefficient (Wildman–Crippen LogP) is 1.50. The lowest BCUT2D eigenvalue weighted by Crippen LogP contribution is -2.48. The van der Waals surface area contributed by atoms with E-state index in [1.165, 1.54) is 4.90 Å². The van der Waals surface area contributed by atoms with E-state index >= 15 is 0 Å². The molecule has 3 nitrogen and oxygen atoms in total. The van der Waals surface area contributed by atoms with Gasteiger partial charge in [-0.25, -0.2) is 4.39 Å². The number of likely N-dealkylation sites (tertiary alicyclic amines) is 1. The van der Waals surface area contributed by atoms with Crippen molar-refractivity contribution in [3.05, 3.63) is 0 Å². The minimum absolute atomic E-state index is 0.143. The lowest BCUT2D eigenvalue weighted by molar-refractivity contribution is -0.135. The normalized spacial score (nSPS) is 25.6. The number of nitriles is 1. The van der Waals surface area contributed by atoms with Crippen LogP contribution < -0.4 is 0 Å². The van der Waals surface area contributed by atoms with E-state index in [2.05, 4.69) is 0 Å². The van der Waals surface area contributed by atoms with Crippen LogP contribution in [0.25, 0.3) is 0 Å². The number of alkyl halides is 1. The molecule has 78 valence electrons. The lowest BCUT2D eigenvalue weighted by Gasteiger charge is -2.39. The van der Waals surface area contributed by atoms with Gasteiger partial charge < -0.3 is 4.90 Å². The topological polar surface area (TPSA) is 44.1 Å². The van der Waals surface area contributed by atoms with Gasteiger partial charge in [-0.2, -0.15) is 5.26 Å². The van der Waals surface area contributed by atoms with E-state index < -0.39 is 6.17 Å². The van der Waals surface area contributed by atoms with Crippen LogP contribution in [0.2, 0.25) is 0 Å². The molecule has 1 amide bonds. The maximum Gasteiger partial charge on any atom is 0.236 e. The van der Waals surface area contributed by atoms with E-state index in [1.54, 1.807) is 6.07 Å². The Morgan fingerprint density at radius 2 is 2.36 bits per heavy atom. The number of rotatable bonds is 1. The highest BCUT2D eigenvalue weighted by Crippen LogP contribution is 2.30. The summed E-state index contributed by atoms with van der Waals surface area (Å²) >= 11 is 0. The van der Waals surface area contributed by atoms with E-state index in [-0.39, 0.29) is 24.3 Å². The molecule has 0 aliphatic carbocycles. The Bertz CT molecular complexity index is 270. The number of hydrogen-bond acceptors (Lipinski definition) is 2. The number of piperidine rings is 1. The fourth-order valence-electron chi connectivity index (χ4n) is 1.92. The SMILES string of the molecule is CC1(C)C[C@H](F)CN(C(=O)CC#N)C1. The highest BCUT2D eigenvalue weighted by atomic mass is 19.1. The van der Waals surface area contributed by atoms with Crippen LogP contribution in [0.1, 0.15) is 26.7 Å². The molecule has 0 unspecified atom stereocenters. The van der Waals surface area contributed by atoms with Gasteiger partial charge in [-0.3, -0.25) is 4.79 Å². The average Bonchev–Trinajstić information content (AvgIpc) is 2.00. The maximum atomic E-state index is 13.3. The van der Waals surface area contributed by atoms with Crippen LogP contribution >= 0.6 is 0 Å². The standard InChI is InChI=1S/C10H15FN2O/c1-10(2)5-8(11)6-13(7-10)9(14)3-4-12/h8H,3,5-7H2,1-2H3/t8-/m0/s1. The number of halogens is 1. The molecule has 0 aromatic carbocycles. The minimum Gasteiger partial charge on any atom is -0.338 e. The molecule has 1 heterocycles. The zero-order chi connectivity index (χ0) is 10.8. The first-order valence-electron chi connectivity index (χ1n) is 4.73. The molecular formula is C10H15FN2O. The molecule has 1 saturated heterocycles. The van der Waals surface area contributed by atoms with Crippen molar-refractivity contribution < 1.29 is 9.18 Å². The van der Waals surface area contributed by atoms with Gasteiger partial charge in [0.1, 0.15) is 12.6 Å². The molecule has 0 radical (unpaired) electrons. The van der Waals surface area contributed by atoms with Crippen LogP contribution in [0.15, 0.2) is 0 Å². The molecular weight excluding hydrogens is 183 g/mol. The summed E-state index contributed by atoms with van der Waals surface area (Å²) in [6, 6.07) is 1.79. The summed E-state index contributed by atoms with van der Waals surface area (Å²) in [6.07, 6.45) is -0.618. The number of carbonyl (C=O) groups is 1. The number of hydrogen-bond donors (Lipinski definition) is 0. The zero-order valence-electron chi connectivity index (χ0n) is 8.59. The minimum atomic E-state index is -0.957.